The summed E-state index contributed by atoms with van der Waals surface area (Å²) in [5.74, 6) is -0.673. The van der Waals surface area contributed by atoms with Crippen molar-refractivity contribution in [1.82, 2.24) is 0 Å². The lowest BCUT2D eigenvalue weighted by Crippen LogP contribution is -2.18. The van der Waals surface area contributed by atoms with E-state index in [1.807, 2.05) is 0 Å². The molecule has 0 aliphatic heterocycles. The molecule has 0 spiro atoms. The van der Waals surface area contributed by atoms with E-state index in [1.54, 1.807) is 0 Å². The van der Waals surface area contributed by atoms with Gasteiger partial charge in [0.1, 0.15) is 6.10 Å². The smallest absolute Gasteiger partial charge is 0.306 e. The first-order valence-corrected chi connectivity index (χ1v) is 23.3. The second-order valence-corrected chi connectivity index (χ2v) is 15.9. The number of carbonyl (C=O) groups excluding carboxylic acids is 1. The summed E-state index contributed by atoms with van der Waals surface area (Å²) in [5, 5.41) is 8.82. The SMILES string of the molecule is CCCCC/C=C\C/C=C\CCCCCCCCCCCCCC(=O)OC(CCCCCCCCCCCCCC)CCCCCCCCC(=O)O. The molecule has 0 fully saturated rings. The molecule has 1 unspecified atom stereocenters. The predicted molar refractivity (Wildman–Crippen MR) is 227 cm³/mol. The predicted octanol–water partition coefficient (Wildman–Crippen LogP) is 16.3. The van der Waals surface area contributed by atoms with Crippen molar-refractivity contribution in [1.29, 1.82) is 0 Å². The van der Waals surface area contributed by atoms with E-state index < -0.39 is 5.97 Å². The van der Waals surface area contributed by atoms with Crippen molar-refractivity contribution in [3.63, 3.8) is 0 Å². The Labute approximate surface area is 325 Å². The molecule has 306 valence electrons. The number of ether oxygens (including phenoxy) is 1. The zero-order chi connectivity index (χ0) is 37.8. The molecule has 0 aromatic carbocycles. The van der Waals surface area contributed by atoms with Crippen molar-refractivity contribution in [3.05, 3.63) is 24.3 Å². The van der Waals surface area contributed by atoms with Crippen LogP contribution in [-0.4, -0.2) is 23.1 Å². The first-order valence-electron chi connectivity index (χ1n) is 23.3. The third kappa shape index (κ3) is 42.8. The van der Waals surface area contributed by atoms with E-state index in [0.717, 1.165) is 70.6 Å². The standard InChI is InChI=1S/C48H90O4/c1-3-5-7-9-11-13-15-17-18-19-20-21-22-23-24-25-27-29-31-37-41-45-48(51)52-46(43-39-35-32-33-36-40-44-47(49)50)42-38-34-30-28-26-16-14-12-10-8-6-4-2/h11,13,17-18,46H,3-10,12,14-16,19-45H2,1-2H3,(H,49,50)/b13-11-,18-17-. The summed E-state index contributed by atoms with van der Waals surface area (Å²) in [6.45, 7) is 4.54. The molecule has 0 saturated carbocycles. The lowest BCUT2D eigenvalue weighted by molar-refractivity contribution is -0.150. The summed E-state index contributed by atoms with van der Waals surface area (Å²) >= 11 is 0. The molecule has 4 heteroatoms. The van der Waals surface area contributed by atoms with E-state index in [4.69, 9.17) is 9.84 Å². The van der Waals surface area contributed by atoms with Gasteiger partial charge in [0.2, 0.25) is 0 Å². The molecule has 0 bridgehead atoms. The fourth-order valence-corrected chi connectivity index (χ4v) is 7.22. The minimum Gasteiger partial charge on any atom is -0.481 e. The molecule has 0 saturated heterocycles. The van der Waals surface area contributed by atoms with Gasteiger partial charge in [-0.3, -0.25) is 9.59 Å². The second-order valence-electron chi connectivity index (χ2n) is 15.9. The van der Waals surface area contributed by atoms with E-state index in [2.05, 4.69) is 38.2 Å². The first-order chi connectivity index (χ1) is 25.6. The molecule has 0 radical (unpaired) electrons. The molecule has 0 aromatic rings. The number of hydrogen-bond donors (Lipinski definition) is 1. The van der Waals surface area contributed by atoms with E-state index >= 15 is 0 Å². The average Bonchev–Trinajstić information content (AvgIpc) is 3.13. The molecule has 0 amide bonds. The monoisotopic (exact) mass is 731 g/mol. The molecular weight excluding hydrogens is 641 g/mol. The van der Waals surface area contributed by atoms with Crippen LogP contribution >= 0.6 is 0 Å². The minimum atomic E-state index is -0.690. The van der Waals surface area contributed by atoms with Crippen LogP contribution in [0.5, 0.6) is 0 Å². The summed E-state index contributed by atoms with van der Waals surface area (Å²) in [4.78, 5) is 23.5. The highest BCUT2D eigenvalue weighted by atomic mass is 16.5. The summed E-state index contributed by atoms with van der Waals surface area (Å²) in [6, 6.07) is 0. The third-order valence-corrected chi connectivity index (χ3v) is 10.7. The van der Waals surface area contributed by atoms with Crippen molar-refractivity contribution >= 4 is 11.9 Å². The van der Waals surface area contributed by atoms with Crippen molar-refractivity contribution in [2.75, 3.05) is 0 Å². The number of carbonyl (C=O) groups is 2. The number of allylic oxidation sites excluding steroid dienone is 4. The summed E-state index contributed by atoms with van der Waals surface area (Å²) in [6.07, 6.45) is 56.5. The lowest BCUT2D eigenvalue weighted by atomic mass is 10.0. The van der Waals surface area contributed by atoms with Crippen molar-refractivity contribution in [3.8, 4) is 0 Å². The van der Waals surface area contributed by atoms with Crippen LogP contribution in [0.15, 0.2) is 24.3 Å². The van der Waals surface area contributed by atoms with E-state index in [1.165, 1.54) is 167 Å². The number of carboxylic acid groups (broad SMARTS) is 1. The Morgan fingerprint density at radius 2 is 0.750 bits per heavy atom. The molecule has 4 nitrogen and oxygen atoms in total. The fourth-order valence-electron chi connectivity index (χ4n) is 7.22. The highest BCUT2D eigenvalue weighted by Crippen LogP contribution is 2.19. The van der Waals surface area contributed by atoms with Crippen molar-refractivity contribution < 1.29 is 19.4 Å². The quantitative estimate of drug-likeness (QED) is 0.0385. The molecule has 0 aliphatic carbocycles. The number of hydrogen-bond acceptors (Lipinski definition) is 3. The molecule has 1 atom stereocenters. The van der Waals surface area contributed by atoms with Crippen LogP contribution in [0, 0.1) is 0 Å². The van der Waals surface area contributed by atoms with Crippen LogP contribution in [0.2, 0.25) is 0 Å². The average molecular weight is 731 g/mol. The Balaban J connectivity index is 3.94. The number of rotatable bonds is 43. The summed E-state index contributed by atoms with van der Waals surface area (Å²) in [5.41, 5.74) is 0. The highest BCUT2D eigenvalue weighted by Gasteiger charge is 2.14. The van der Waals surface area contributed by atoms with Crippen LogP contribution in [0.25, 0.3) is 0 Å². The van der Waals surface area contributed by atoms with Crippen LogP contribution in [0.1, 0.15) is 264 Å². The molecule has 0 rings (SSSR count). The Morgan fingerprint density at radius 3 is 1.17 bits per heavy atom. The Kier molecular flexibility index (Phi) is 42.5. The largest absolute Gasteiger partial charge is 0.481 e. The van der Waals surface area contributed by atoms with Crippen LogP contribution in [0.4, 0.5) is 0 Å². The zero-order valence-electron chi connectivity index (χ0n) is 35.1. The summed E-state index contributed by atoms with van der Waals surface area (Å²) in [7, 11) is 0. The maximum Gasteiger partial charge on any atom is 0.306 e. The first kappa shape index (κ1) is 50.4. The van der Waals surface area contributed by atoms with E-state index in [-0.39, 0.29) is 18.5 Å². The second kappa shape index (κ2) is 43.8. The molecule has 1 N–H and O–H groups in total. The fraction of sp³-hybridized carbons (Fsp3) is 0.875. The third-order valence-electron chi connectivity index (χ3n) is 10.7. The van der Waals surface area contributed by atoms with Crippen molar-refractivity contribution in [2.45, 2.75) is 270 Å². The Bertz CT molecular complexity index is 787. The van der Waals surface area contributed by atoms with E-state index in [9.17, 15) is 9.59 Å². The van der Waals surface area contributed by atoms with Gasteiger partial charge in [-0.15, -0.1) is 0 Å². The van der Waals surface area contributed by atoms with Gasteiger partial charge < -0.3 is 9.84 Å². The highest BCUT2D eigenvalue weighted by molar-refractivity contribution is 5.69. The van der Waals surface area contributed by atoms with Gasteiger partial charge in [0.15, 0.2) is 0 Å². The van der Waals surface area contributed by atoms with Gasteiger partial charge in [-0.25, -0.2) is 0 Å². The normalized spacial score (nSPS) is 12.3. The number of aliphatic carboxylic acids is 1. The Morgan fingerprint density at radius 1 is 0.423 bits per heavy atom. The minimum absolute atomic E-state index is 0.0164. The molecule has 0 aromatic heterocycles. The molecular formula is C48H90O4. The maximum absolute atomic E-state index is 12.8. The van der Waals surface area contributed by atoms with Gasteiger partial charge in [0, 0.05) is 12.8 Å². The molecule has 52 heavy (non-hydrogen) atoms. The Hall–Kier alpha value is -1.58. The van der Waals surface area contributed by atoms with Gasteiger partial charge >= 0.3 is 11.9 Å². The summed E-state index contributed by atoms with van der Waals surface area (Å²) < 4.78 is 6.06. The van der Waals surface area contributed by atoms with Gasteiger partial charge in [-0.2, -0.15) is 0 Å². The van der Waals surface area contributed by atoms with Crippen LogP contribution in [-0.2, 0) is 14.3 Å². The van der Waals surface area contributed by atoms with Crippen LogP contribution < -0.4 is 0 Å². The number of esters is 1. The molecule has 0 aliphatic rings. The number of unbranched alkanes of at least 4 members (excludes halogenated alkanes) is 30. The number of carboxylic acids is 1. The lowest BCUT2D eigenvalue weighted by Gasteiger charge is -2.18. The topological polar surface area (TPSA) is 63.6 Å². The van der Waals surface area contributed by atoms with Crippen LogP contribution in [0.3, 0.4) is 0 Å². The van der Waals surface area contributed by atoms with E-state index in [0.29, 0.717) is 6.42 Å². The van der Waals surface area contributed by atoms with Gasteiger partial charge in [-0.1, -0.05) is 205 Å². The molecule has 0 heterocycles. The van der Waals surface area contributed by atoms with Gasteiger partial charge in [0.25, 0.3) is 0 Å². The van der Waals surface area contributed by atoms with Gasteiger partial charge in [-0.05, 0) is 70.6 Å². The maximum atomic E-state index is 12.8. The van der Waals surface area contributed by atoms with Gasteiger partial charge in [0.05, 0.1) is 0 Å². The zero-order valence-corrected chi connectivity index (χ0v) is 35.1. The van der Waals surface area contributed by atoms with Crippen molar-refractivity contribution in [2.24, 2.45) is 0 Å².